The smallest absolute Gasteiger partial charge is 0.0591 e. The molecule has 0 aromatic carbocycles. The van der Waals surface area contributed by atoms with Crippen LogP contribution < -0.4 is 5.32 Å². The average Bonchev–Trinajstić information content (AvgIpc) is 2.62. The second-order valence-electron chi connectivity index (χ2n) is 4.09. The van der Waals surface area contributed by atoms with E-state index in [0.717, 1.165) is 39.3 Å². The molecule has 1 heterocycles. The molecule has 0 radical (unpaired) electrons. The van der Waals surface area contributed by atoms with E-state index in [2.05, 4.69) is 25.2 Å². The van der Waals surface area contributed by atoms with Crippen molar-refractivity contribution in [1.82, 2.24) is 5.32 Å². The van der Waals surface area contributed by atoms with Crippen LogP contribution >= 0.6 is 11.3 Å². The van der Waals surface area contributed by atoms with E-state index < -0.39 is 0 Å². The van der Waals surface area contributed by atoms with Gasteiger partial charge in [-0.25, -0.2) is 0 Å². The minimum atomic E-state index is 0.771. The van der Waals surface area contributed by atoms with Gasteiger partial charge in [0.2, 0.25) is 0 Å². The van der Waals surface area contributed by atoms with Gasteiger partial charge in [-0.15, -0.1) is 11.3 Å². The zero-order valence-electron chi connectivity index (χ0n) is 11.0. The fourth-order valence-electron chi connectivity index (χ4n) is 1.50. The standard InChI is InChI=1S/C13H23NO2S/c1-11-9-13(17-12(11)2)10-14-5-8-16-7-4-6-15-3/h9,14H,4-8,10H2,1-3H3. The van der Waals surface area contributed by atoms with E-state index in [4.69, 9.17) is 9.47 Å². The Kier molecular flexibility index (Phi) is 7.44. The Morgan fingerprint density at radius 1 is 1.24 bits per heavy atom. The Hall–Kier alpha value is -0.420. The quantitative estimate of drug-likeness (QED) is 0.690. The molecule has 17 heavy (non-hydrogen) atoms. The topological polar surface area (TPSA) is 30.5 Å². The van der Waals surface area contributed by atoms with Crippen LogP contribution in [-0.2, 0) is 16.0 Å². The summed E-state index contributed by atoms with van der Waals surface area (Å²) >= 11 is 1.87. The second kappa shape index (κ2) is 8.64. The molecule has 1 rings (SSSR count). The van der Waals surface area contributed by atoms with Gasteiger partial charge in [-0.05, 0) is 31.9 Å². The molecule has 1 aromatic heterocycles. The molecule has 4 heteroatoms. The van der Waals surface area contributed by atoms with Crippen LogP contribution in [0.15, 0.2) is 6.07 Å². The van der Waals surface area contributed by atoms with Crippen molar-refractivity contribution >= 4 is 11.3 Å². The van der Waals surface area contributed by atoms with Crippen LogP contribution in [-0.4, -0.2) is 33.5 Å². The summed E-state index contributed by atoms with van der Waals surface area (Å²) in [5.41, 5.74) is 1.39. The zero-order valence-corrected chi connectivity index (χ0v) is 11.9. The van der Waals surface area contributed by atoms with Gasteiger partial charge >= 0.3 is 0 Å². The van der Waals surface area contributed by atoms with Gasteiger partial charge in [-0.1, -0.05) is 0 Å². The maximum Gasteiger partial charge on any atom is 0.0591 e. The molecule has 0 unspecified atom stereocenters. The minimum absolute atomic E-state index is 0.771. The van der Waals surface area contributed by atoms with Crippen LogP contribution in [0.4, 0.5) is 0 Å². The van der Waals surface area contributed by atoms with Crippen molar-refractivity contribution < 1.29 is 9.47 Å². The van der Waals surface area contributed by atoms with Crippen LogP contribution in [0.5, 0.6) is 0 Å². The summed E-state index contributed by atoms with van der Waals surface area (Å²) in [4.78, 5) is 2.82. The lowest BCUT2D eigenvalue weighted by molar-refractivity contribution is 0.104. The van der Waals surface area contributed by atoms with Crippen molar-refractivity contribution in [2.45, 2.75) is 26.8 Å². The summed E-state index contributed by atoms with van der Waals surface area (Å²) in [5, 5.41) is 3.39. The summed E-state index contributed by atoms with van der Waals surface area (Å²) in [7, 11) is 1.71. The molecule has 0 amide bonds. The predicted molar refractivity (Wildman–Crippen MR) is 72.8 cm³/mol. The van der Waals surface area contributed by atoms with Crippen molar-refractivity contribution in [3.63, 3.8) is 0 Å². The highest BCUT2D eigenvalue weighted by atomic mass is 32.1. The van der Waals surface area contributed by atoms with Crippen LogP contribution in [0.3, 0.4) is 0 Å². The van der Waals surface area contributed by atoms with Crippen molar-refractivity contribution in [1.29, 1.82) is 0 Å². The number of hydrogen-bond acceptors (Lipinski definition) is 4. The number of hydrogen-bond donors (Lipinski definition) is 1. The highest BCUT2D eigenvalue weighted by Gasteiger charge is 2.00. The third-order valence-electron chi connectivity index (χ3n) is 2.58. The monoisotopic (exact) mass is 257 g/mol. The average molecular weight is 257 g/mol. The lowest BCUT2D eigenvalue weighted by Crippen LogP contribution is -2.19. The number of ether oxygens (including phenoxy) is 2. The van der Waals surface area contributed by atoms with Gasteiger partial charge in [-0.3, -0.25) is 0 Å². The van der Waals surface area contributed by atoms with Crippen molar-refractivity contribution in [2.75, 3.05) is 33.5 Å². The molecule has 0 fully saturated rings. The summed E-state index contributed by atoms with van der Waals surface area (Å²) in [6.07, 6.45) is 0.972. The first-order valence-corrected chi connectivity index (χ1v) is 6.89. The number of nitrogens with one attached hydrogen (secondary N) is 1. The van der Waals surface area contributed by atoms with Crippen LogP contribution in [0.1, 0.15) is 21.7 Å². The highest BCUT2D eigenvalue weighted by Crippen LogP contribution is 2.19. The van der Waals surface area contributed by atoms with Gasteiger partial charge in [0, 0.05) is 43.2 Å². The van der Waals surface area contributed by atoms with Crippen molar-refractivity contribution in [3.05, 3.63) is 21.4 Å². The van der Waals surface area contributed by atoms with Crippen LogP contribution in [0, 0.1) is 13.8 Å². The van der Waals surface area contributed by atoms with E-state index in [9.17, 15) is 0 Å². The summed E-state index contributed by atoms with van der Waals surface area (Å²) in [6, 6.07) is 2.26. The molecule has 98 valence electrons. The lowest BCUT2D eigenvalue weighted by atomic mass is 10.3. The number of rotatable bonds is 9. The molecular weight excluding hydrogens is 234 g/mol. The molecular formula is C13H23NO2S. The first-order valence-electron chi connectivity index (χ1n) is 6.07. The van der Waals surface area contributed by atoms with Crippen molar-refractivity contribution in [3.8, 4) is 0 Å². The normalized spacial score (nSPS) is 11.0. The molecule has 0 aliphatic carbocycles. The first kappa shape index (κ1) is 14.6. The molecule has 0 atom stereocenters. The van der Waals surface area contributed by atoms with Gasteiger partial charge in [0.05, 0.1) is 6.61 Å². The van der Waals surface area contributed by atoms with E-state index in [1.54, 1.807) is 7.11 Å². The molecule has 0 saturated carbocycles. The highest BCUT2D eigenvalue weighted by molar-refractivity contribution is 7.12. The summed E-state index contributed by atoms with van der Waals surface area (Å²) in [5.74, 6) is 0. The summed E-state index contributed by atoms with van der Waals surface area (Å²) in [6.45, 7) is 8.52. The Labute approximate surface area is 108 Å². The molecule has 0 aliphatic rings. The van der Waals surface area contributed by atoms with E-state index in [0.29, 0.717) is 0 Å². The fraction of sp³-hybridized carbons (Fsp3) is 0.692. The largest absolute Gasteiger partial charge is 0.385 e. The number of aryl methyl sites for hydroxylation is 2. The van der Waals surface area contributed by atoms with E-state index in [1.807, 2.05) is 11.3 Å². The SMILES string of the molecule is COCCCOCCNCc1cc(C)c(C)s1. The Morgan fingerprint density at radius 3 is 2.71 bits per heavy atom. The van der Waals surface area contributed by atoms with Crippen LogP contribution in [0.2, 0.25) is 0 Å². The lowest BCUT2D eigenvalue weighted by Gasteiger charge is -2.04. The van der Waals surface area contributed by atoms with Crippen molar-refractivity contribution in [2.24, 2.45) is 0 Å². The maximum absolute atomic E-state index is 5.46. The Balaban J connectivity index is 1.97. The predicted octanol–water partition coefficient (Wildman–Crippen LogP) is 2.51. The zero-order chi connectivity index (χ0) is 12.5. The van der Waals surface area contributed by atoms with E-state index in [1.165, 1.54) is 15.3 Å². The molecule has 1 aromatic rings. The Bertz CT molecular complexity index is 293. The van der Waals surface area contributed by atoms with E-state index >= 15 is 0 Å². The van der Waals surface area contributed by atoms with Gasteiger partial charge in [0.15, 0.2) is 0 Å². The number of methoxy groups -OCH3 is 1. The third-order valence-corrected chi connectivity index (χ3v) is 3.73. The minimum Gasteiger partial charge on any atom is -0.385 e. The van der Waals surface area contributed by atoms with Gasteiger partial charge < -0.3 is 14.8 Å². The molecule has 3 nitrogen and oxygen atoms in total. The molecule has 0 spiro atoms. The fourth-order valence-corrected chi connectivity index (χ4v) is 2.52. The Morgan fingerprint density at radius 2 is 2.06 bits per heavy atom. The van der Waals surface area contributed by atoms with Gasteiger partial charge in [-0.2, -0.15) is 0 Å². The van der Waals surface area contributed by atoms with Gasteiger partial charge in [0.1, 0.15) is 0 Å². The number of thiophene rings is 1. The molecule has 0 aliphatic heterocycles. The van der Waals surface area contributed by atoms with Gasteiger partial charge in [0.25, 0.3) is 0 Å². The van der Waals surface area contributed by atoms with E-state index in [-0.39, 0.29) is 0 Å². The second-order valence-corrected chi connectivity index (χ2v) is 5.43. The molecule has 0 saturated heterocycles. The van der Waals surface area contributed by atoms with Crippen LogP contribution in [0.25, 0.3) is 0 Å². The molecule has 0 bridgehead atoms. The third kappa shape index (κ3) is 6.17. The first-order chi connectivity index (χ1) is 8.24. The molecule has 1 N–H and O–H groups in total. The maximum atomic E-state index is 5.46. The summed E-state index contributed by atoms with van der Waals surface area (Å²) < 4.78 is 10.4.